The fourth-order valence-corrected chi connectivity index (χ4v) is 1.25. The lowest BCUT2D eigenvalue weighted by Gasteiger charge is -2.24. The van der Waals surface area contributed by atoms with Crippen LogP contribution in [0, 0.1) is 11.8 Å². The zero-order valence-corrected chi connectivity index (χ0v) is 9.28. The number of amides is 1. The number of carboxylic acids is 1. The molecule has 4 heteroatoms. The summed E-state index contributed by atoms with van der Waals surface area (Å²) in [5, 5.41) is 8.76. The Hall–Kier alpha value is -1.06. The molecule has 0 aliphatic carbocycles. The molecule has 0 aliphatic heterocycles. The second-order valence-electron chi connectivity index (χ2n) is 3.43. The van der Waals surface area contributed by atoms with Gasteiger partial charge in [-0.15, -0.1) is 0 Å². The van der Waals surface area contributed by atoms with Crippen LogP contribution in [0.1, 0.15) is 27.7 Å². The lowest BCUT2D eigenvalue weighted by atomic mass is 9.95. The molecule has 0 fully saturated rings. The maximum absolute atomic E-state index is 11.7. The average molecular weight is 201 g/mol. The molecular formula is C10H19NO3. The van der Waals surface area contributed by atoms with Gasteiger partial charge in [-0.25, -0.2) is 0 Å². The van der Waals surface area contributed by atoms with Crippen molar-refractivity contribution in [1.29, 1.82) is 0 Å². The second-order valence-corrected chi connectivity index (χ2v) is 3.43. The van der Waals surface area contributed by atoms with Crippen LogP contribution >= 0.6 is 0 Å². The minimum Gasteiger partial charge on any atom is -0.481 e. The quantitative estimate of drug-likeness (QED) is 0.727. The largest absolute Gasteiger partial charge is 0.481 e. The number of hydrogen-bond donors (Lipinski definition) is 1. The number of aliphatic carboxylic acids is 1. The molecule has 2 atom stereocenters. The zero-order valence-electron chi connectivity index (χ0n) is 9.28. The fraction of sp³-hybridized carbons (Fsp3) is 0.800. The smallest absolute Gasteiger partial charge is 0.307 e. The monoisotopic (exact) mass is 201 g/mol. The van der Waals surface area contributed by atoms with Gasteiger partial charge >= 0.3 is 5.97 Å². The molecular weight excluding hydrogens is 182 g/mol. The Kier molecular flexibility index (Phi) is 5.20. The molecule has 0 saturated heterocycles. The molecule has 0 radical (unpaired) electrons. The molecule has 0 bridgehead atoms. The van der Waals surface area contributed by atoms with E-state index < -0.39 is 17.8 Å². The third kappa shape index (κ3) is 3.01. The van der Waals surface area contributed by atoms with Gasteiger partial charge in [0.05, 0.1) is 5.92 Å². The van der Waals surface area contributed by atoms with Crippen molar-refractivity contribution in [3.8, 4) is 0 Å². The Bertz CT molecular complexity index is 211. The summed E-state index contributed by atoms with van der Waals surface area (Å²) in [4.78, 5) is 24.0. The summed E-state index contributed by atoms with van der Waals surface area (Å²) in [6, 6.07) is 0. The molecule has 4 nitrogen and oxygen atoms in total. The summed E-state index contributed by atoms with van der Waals surface area (Å²) in [7, 11) is 0. The lowest BCUT2D eigenvalue weighted by Crippen LogP contribution is -2.38. The van der Waals surface area contributed by atoms with Crippen molar-refractivity contribution in [2.45, 2.75) is 27.7 Å². The highest BCUT2D eigenvalue weighted by Gasteiger charge is 2.28. The van der Waals surface area contributed by atoms with E-state index in [4.69, 9.17) is 5.11 Å². The van der Waals surface area contributed by atoms with Crippen LogP contribution in [0.4, 0.5) is 0 Å². The average Bonchev–Trinajstić information content (AvgIpc) is 2.17. The van der Waals surface area contributed by atoms with Crippen molar-refractivity contribution in [3.63, 3.8) is 0 Å². The molecule has 0 saturated carbocycles. The summed E-state index contributed by atoms with van der Waals surface area (Å²) in [5.74, 6) is -2.07. The van der Waals surface area contributed by atoms with Crippen LogP contribution in [-0.2, 0) is 9.59 Å². The van der Waals surface area contributed by atoms with Crippen LogP contribution < -0.4 is 0 Å². The predicted octanol–water partition coefficient (Wildman–Crippen LogP) is 1.21. The van der Waals surface area contributed by atoms with Crippen molar-refractivity contribution in [2.75, 3.05) is 13.1 Å². The van der Waals surface area contributed by atoms with Gasteiger partial charge in [0.2, 0.25) is 5.91 Å². The van der Waals surface area contributed by atoms with Crippen LogP contribution in [0.5, 0.6) is 0 Å². The first-order valence-electron chi connectivity index (χ1n) is 4.97. The van der Waals surface area contributed by atoms with E-state index >= 15 is 0 Å². The van der Waals surface area contributed by atoms with Gasteiger partial charge in [0.1, 0.15) is 0 Å². The van der Waals surface area contributed by atoms with Crippen molar-refractivity contribution in [3.05, 3.63) is 0 Å². The van der Waals surface area contributed by atoms with E-state index in [1.165, 1.54) is 0 Å². The third-order valence-electron chi connectivity index (χ3n) is 2.60. The topological polar surface area (TPSA) is 57.6 Å². The van der Waals surface area contributed by atoms with E-state index in [9.17, 15) is 9.59 Å². The number of nitrogens with zero attached hydrogens (tertiary/aromatic N) is 1. The highest BCUT2D eigenvalue weighted by Crippen LogP contribution is 2.14. The maximum Gasteiger partial charge on any atom is 0.307 e. The van der Waals surface area contributed by atoms with E-state index in [0.717, 1.165) is 0 Å². The van der Waals surface area contributed by atoms with Crippen molar-refractivity contribution >= 4 is 11.9 Å². The number of hydrogen-bond acceptors (Lipinski definition) is 2. The Morgan fingerprint density at radius 3 is 1.86 bits per heavy atom. The fourth-order valence-electron chi connectivity index (χ4n) is 1.25. The molecule has 1 N–H and O–H groups in total. The first-order chi connectivity index (χ1) is 6.45. The molecule has 0 heterocycles. The molecule has 0 aromatic heterocycles. The van der Waals surface area contributed by atoms with E-state index in [-0.39, 0.29) is 5.91 Å². The molecule has 82 valence electrons. The molecule has 0 rings (SSSR count). The zero-order chi connectivity index (χ0) is 11.3. The molecule has 2 unspecified atom stereocenters. The van der Waals surface area contributed by atoms with Gasteiger partial charge in [0.15, 0.2) is 0 Å². The van der Waals surface area contributed by atoms with Gasteiger partial charge in [0, 0.05) is 19.0 Å². The molecule has 0 aromatic carbocycles. The van der Waals surface area contributed by atoms with Crippen molar-refractivity contribution in [1.82, 2.24) is 4.90 Å². The first-order valence-corrected chi connectivity index (χ1v) is 4.97. The number of carbonyl (C=O) groups excluding carboxylic acids is 1. The van der Waals surface area contributed by atoms with Crippen LogP contribution in [0.25, 0.3) is 0 Å². The van der Waals surface area contributed by atoms with Gasteiger partial charge in [0.25, 0.3) is 0 Å². The van der Waals surface area contributed by atoms with Gasteiger partial charge in [-0.1, -0.05) is 13.8 Å². The summed E-state index contributed by atoms with van der Waals surface area (Å²) in [5.41, 5.74) is 0. The standard InChI is InChI=1S/C10H19NO3/c1-5-11(6-2)9(12)7(3)8(4)10(13)14/h7-8H,5-6H2,1-4H3,(H,13,14). The van der Waals surface area contributed by atoms with E-state index in [1.54, 1.807) is 18.7 Å². The molecule has 0 aliphatic rings. The summed E-state index contributed by atoms with van der Waals surface area (Å²) < 4.78 is 0. The summed E-state index contributed by atoms with van der Waals surface area (Å²) in [6.45, 7) is 8.27. The van der Waals surface area contributed by atoms with Crippen LogP contribution in [0.2, 0.25) is 0 Å². The minimum absolute atomic E-state index is 0.0788. The maximum atomic E-state index is 11.7. The van der Waals surface area contributed by atoms with Crippen molar-refractivity contribution in [2.24, 2.45) is 11.8 Å². The van der Waals surface area contributed by atoms with Crippen LogP contribution in [-0.4, -0.2) is 35.0 Å². The van der Waals surface area contributed by atoms with E-state index in [1.807, 2.05) is 13.8 Å². The third-order valence-corrected chi connectivity index (χ3v) is 2.60. The number of carboxylic acid groups (broad SMARTS) is 1. The second kappa shape index (κ2) is 5.62. The molecule has 0 spiro atoms. The predicted molar refractivity (Wildman–Crippen MR) is 53.9 cm³/mol. The Morgan fingerprint density at radius 2 is 1.57 bits per heavy atom. The molecule has 0 aromatic rings. The molecule has 1 amide bonds. The summed E-state index contributed by atoms with van der Waals surface area (Å²) in [6.07, 6.45) is 0. The molecule has 14 heavy (non-hydrogen) atoms. The van der Waals surface area contributed by atoms with E-state index in [0.29, 0.717) is 13.1 Å². The van der Waals surface area contributed by atoms with Crippen molar-refractivity contribution < 1.29 is 14.7 Å². The summed E-state index contributed by atoms with van der Waals surface area (Å²) >= 11 is 0. The Labute approximate surface area is 84.9 Å². The highest BCUT2D eigenvalue weighted by molar-refractivity contribution is 5.84. The minimum atomic E-state index is -0.919. The normalized spacial score (nSPS) is 14.6. The highest BCUT2D eigenvalue weighted by atomic mass is 16.4. The SMILES string of the molecule is CCN(CC)C(=O)C(C)C(C)C(=O)O. The van der Waals surface area contributed by atoms with Crippen LogP contribution in [0.3, 0.4) is 0 Å². The number of rotatable bonds is 5. The lowest BCUT2D eigenvalue weighted by molar-refractivity contribution is -0.149. The van der Waals surface area contributed by atoms with Gasteiger partial charge < -0.3 is 10.0 Å². The van der Waals surface area contributed by atoms with Crippen LogP contribution in [0.15, 0.2) is 0 Å². The van der Waals surface area contributed by atoms with Gasteiger partial charge in [-0.3, -0.25) is 9.59 Å². The Morgan fingerprint density at radius 1 is 1.14 bits per heavy atom. The number of carbonyl (C=O) groups is 2. The first kappa shape index (κ1) is 12.9. The van der Waals surface area contributed by atoms with Gasteiger partial charge in [-0.2, -0.15) is 0 Å². The van der Waals surface area contributed by atoms with Gasteiger partial charge in [-0.05, 0) is 13.8 Å². The van der Waals surface area contributed by atoms with E-state index in [2.05, 4.69) is 0 Å². The Balaban J connectivity index is 4.44.